The van der Waals surface area contributed by atoms with Crippen LogP contribution in [0.2, 0.25) is 0 Å². The van der Waals surface area contributed by atoms with Crippen molar-refractivity contribution in [3.8, 4) is 11.5 Å². The Hall–Kier alpha value is -4.01. The monoisotopic (exact) mass is 477 g/mol. The molecule has 0 radical (unpaired) electrons. The van der Waals surface area contributed by atoms with E-state index >= 15 is 0 Å². The topological polar surface area (TPSA) is 109 Å². The number of ether oxygens (including phenoxy) is 2. The van der Waals surface area contributed by atoms with Gasteiger partial charge in [-0.1, -0.05) is 17.7 Å². The van der Waals surface area contributed by atoms with E-state index < -0.39 is 6.03 Å². The molecule has 35 heavy (non-hydrogen) atoms. The summed E-state index contributed by atoms with van der Waals surface area (Å²) >= 11 is 0. The van der Waals surface area contributed by atoms with Crippen LogP contribution < -0.4 is 20.5 Å². The number of hydrogen-bond acceptors (Lipinski definition) is 5. The van der Waals surface area contributed by atoms with Crippen LogP contribution in [0.3, 0.4) is 0 Å². The van der Waals surface area contributed by atoms with E-state index in [9.17, 15) is 9.59 Å². The third kappa shape index (κ3) is 4.66. The van der Waals surface area contributed by atoms with Crippen molar-refractivity contribution in [2.75, 3.05) is 33.9 Å². The van der Waals surface area contributed by atoms with Gasteiger partial charge in [0.05, 0.1) is 25.6 Å². The largest absolute Gasteiger partial charge is 0.493 e. The van der Waals surface area contributed by atoms with Crippen molar-refractivity contribution in [1.29, 1.82) is 0 Å². The molecule has 2 aliphatic heterocycles. The zero-order valence-corrected chi connectivity index (χ0v) is 20.8. The average molecular weight is 478 g/mol. The summed E-state index contributed by atoms with van der Waals surface area (Å²) in [6.07, 6.45) is 2.44. The predicted octanol–water partition coefficient (Wildman–Crippen LogP) is 3.66. The smallest absolute Gasteiger partial charge is 0.330 e. The molecule has 9 nitrogen and oxygen atoms in total. The van der Waals surface area contributed by atoms with Crippen LogP contribution in [-0.4, -0.2) is 61.6 Å². The summed E-state index contributed by atoms with van der Waals surface area (Å²) in [5.74, 6) is 1.85. The SMILES string of the molecule is COc1cc2c(cc1OC)C1=CCN(CCNC(N)=O)C(=O)N1C(=Nc1c(C)cc(C)cc1C)C2. The molecule has 9 heteroatoms. The summed E-state index contributed by atoms with van der Waals surface area (Å²) in [5, 5.41) is 2.55. The van der Waals surface area contributed by atoms with Gasteiger partial charge in [-0.15, -0.1) is 0 Å². The quantitative estimate of drug-likeness (QED) is 0.662. The molecule has 2 aromatic rings. The van der Waals surface area contributed by atoms with E-state index in [0.717, 1.165) is 39.2 Å². The van der Waals surface area contributed by atoms with Gasteiger partial charge in [-0.2, -0.15) is 0 Å². The molecule has 4 amide bonds. The number of fused-ring (bicyclic) bond motifs is 3. The van der Waals surface area contributed by atoms with Crippen LogP contribution in [0.15, 0.2) is 35.3 Å². The van der Waals surface area contributed by atoms with Gasteiger partial charge in [-0.05, 0) is 55.7 Å². The van der Waals surface area contributed by atoms with Crippen molar-refractivity contribution in [3.63, 3.8) is 0 Å². The third-order valence-electron chi connectivity index (χ3n) is 6.26. The molecule has 0 saturated carbocycles. The van der Waals surface area contributed by atoms with Gasteiger partial charge in [0, 0.05) is 31.6 Å². The Morgan fingerprint density at radius 1 is 1.09 bits per heavy atom. The Kier molecular flexibility index (Phi) is 6.68. The number of nitrogens with one attached hydrogen (secondary N) is 1. The van der Waals surface area contributed by atoms with Gasteiger partial charge in [0.2, 0.25) is 0 Å². The van der Waals surface area contributed by atoms with Gasteiger partial charge < -0.3 is 25.4 Å². The van der Waals surface area contributed by atoms with Gasteiger partial charge in [-0.25, -0.2) is 19.5 Å². The highest BCUT2D eigenvalue weighted by Crippen LogP contribution is 2.40. The number of methoxy groups -OCH3 is 2. The lowest BCUT2D eigenvalue weighted by Crippen LogP contribution is -2.52. The molecule has 0 spiro atoms. The maximum absolute atomic E-state index is 13.7. The molecule has 0 fully saturated rings. The first kappa shape index (κ1) is 24.1. The second-order valence-electron chi connectivity index (χ2n) is 8.76. The molecule has 2 aromatic carbocycles. The molecular formula is C26H31N5O4. The first-order valence-electron chi connectivity index (χ1n) is 11.5. The van der Waals surface area contributed by atoms with Gasteiger partial charge in [-0.3, -0.25) is 0 Å². The lowest BCUT2D eigenvalue weighted by molar-refractivity contribution is 0.187. The highest BCUT2D eigenvalue weighted by Gasteiger charge is 2.37. The van der Waals surface area contributed by atoms with Crippen LogP contribution >= 0.6 is 0 Å². The Labute approximate surface area is 205 Å². The number of amidine groups is 1. The van der Waals surface area contributed by atoms with Crippen molar-refractivity contribution in [2.45, 2.75) is 27.2 Å². The van der Waals surface area contributed by atoms with Crippen LogP contribution in [0.1, 0.15) is 27.8 Å². The second kappa shape index (κ2) is 9.69. The number of urea groups is 2. The van der Waals surface area contributed by atoms with Gasteiger partial charge in [0.15, 0.2) is 11.5 Å². The lowest BCUT2D eigenvalue weighted by atomic mass is 9.93. The van der Waals surface area contributed by atoms with Crippen LogP contribution in [-0.2, 0) is 6.42 Å². The lowest BCUT2D eigenvalue weighted by Gasteiger charge is -2.40. The van der Waals surface area contributed by atoms with E-state index in [1.165, 1.54) is 0 Å². The molecule has 184 valence electrons. The number of aryl methyl sites for hydroxylation is 3. The van der Waals surface area contributed by atoms with Crippen molar-refractivity contribution in [3.05, 3.63) is 58.2 Å². The summed E-state index contributed by atoms with van der Waals surface area (Å²) in [4.78, 5) is 33.1. The first-order chi connectivity index (χ1) is 16.7. The van der Waals surface area contributed by atoms with Crippen molar-refractivity contribution in [2.24, 2.45) is 10.7 Å². The molecule has 3 N–H and O–H groups in total. The maximum atomic E-state index is 13.7. The van der Waals surface area contributed by atoms with Crippen LogP contribution in [0.5, 0.6) is 11.5 Å². The normalized spacial score (nSPS) is 16.0. The van der Waals surface area contributed by atoms with Crippen LogP contribution in [0.25, 0.3) is 5.70 Å². The Bertz CT molecular complexity index is 1230. The highest BCUT2D eigenvalue weighted by molar-refractivity contribution is 6.11. The molecule has 2 aliphatic rings. The molecule has 2 heterocycles. The zero-order valence-electron chi connectivity index (χ0n) is 20.8. The third-order valence-corrected chi connectivity index (χ3v) is 6.26. The fraction of sp³-hybridized carbons (Fsp3) is 0.346. The summed E-state index contributed by atoms with van der Waals surface area (Å²) in [6.45, 7) is 7.11. The number of carbonyl (C=O) groups excluding carboxylic acids is 2. The number of hydrogen-bond donors (Lipinski definition) is 2. The number of primary amides is 1. The van der Waals surface area contributed by atoms with E-state index in [0.29, 0.717) is 36.8 Å². The molecule has 4 rings (SSSR count). The second-order valence-corrected chi connectivity index (χ2v) is 8.76. The fourth-order valence-corrected chi connectivity index (χ4v) is 4.71. The van der Waals surface area contributed by atoms with Gasteiger partial charge >= 0.3 is 12.1 Å². The standard InChI is InChI=1S/C26H31N5O4/c1-15-10-16(2)24(17(3)11-15)29-23-13-18-12-21(34-4)22(35-5)14-19(18)20-6-8-30(26(33)31(20)23)9-7-28-25(27)32/h6,10-12,14H,7-9,13H2,1-5H3,(H3,27,28,32). The summed E-state index contributed by atoms with van der Waals surface area (Å²) in [7, 11) is 3.20. The average Bonchev–Trinajstić information content (AvgIpc) is 2.81. The minimum atomic E-state index is -0.619. The van der Waals surface area contributed by atoms with Crippen molar-refractivity contribution >= 4 is 29.3 Å². The number of amides is 4. The summed E-state index contributed by atoms with van der Waals surface area (Å²) in [6, 6.07) is 7.22. The Morgan fingerprint density at radius 3 is 2.37 bits per heavy atom. The molecular weight excluding hydrogens is 446 g/mol. The number of carbonyl (C=O) groups is 2. The number of rotatable bonds is 6. The van der Waals surface area contributed by atoms with Crippen molar-refractivity contribution < 1.29 is 19.1 Å². The van der Waals surface area contributed by atoms with Crippen molar-refractivity contribution in [1.82, 2.24) is 15.1 Å². The first-order valence-corrected chi connectivity index (χ1v) is 11.5. The highest BCUT2D eigenvalue weighted by atomic mass is 16.5. The van der Waals surface area contributed by atoms with E-state index in [4.69, 9.17) is 20.2 Å². The van der Waals surface area contributed by atoms with Crippen LogP contribution in [0, 0.1) is 20.8 Å². The van der Waals surface area contributed by atoms with Crippen LogP contribution in [0.4, 0.5) is 15.3 Å². The number of nitrogens with zero attached hydrogens (tertiary/aromatic N) is 3. The number of benzene rings is 2. The molecule has 0 atom stereocenters. The summed E-state index contributed by atoms with van der Waals surface area (Å²) in [5.41, 5.74) is 12.0. The zero-order chi connectivity index (χ0) is 25.3. The Balaban J connectivity index is 1.83. The minimum Gasteiger partial charge on any atom is -0.493 e. The fourth-order valence-electron chi connectivity index (χ4n) is 4.71. The van der Waals surface area contributed by atoms with Gasteiger partial charge in [0.1, 0.15) is 5.84 Å². The molecule has 0 aromatic heterocycles. The minimum absolute atomic E-state index is 0.199. The van der Waals surface area contributed by atoms with E-state index in [1.54, 1.807) is 24.0 Å². The molecule has 0 aliphatic carbocycles. The molecule has 0 unspecified atom stereocenters. The number of nitrogens with two attached hydrogens (primary N) is 1. The van der Waals surface area contributed by atoms with Gasteiger partial charge in [0.25, 0.3) is 0 Å². The van der Waals surface area contributed by atoms with E-state index in [1.807, 2.05) is 32.1 Å². The molecule has 0 bridgehead atoms. The predicted molar refractivity (Wildman–Crippen MR) is 135 cm³/mol. The number of aliphatic imine (C=N–C) groups is 1. The Morgan fingerprint density at radius 2 is 1.74 bits per heavy atom. The van der Waals surface area contributed by atoms with E-state index in [2.05, 4.69) is 24.4 Å². The van der Waals surface area contributed by atoms with E-state index in [-0.39, 0.29) is 12.6 Å². The molecule has 0 saturated heterocycles. The summed E-state index contributed by atoms with van der Waals surface area (Å²) < 4.78 is 11.0. The maximum Gasteiger partial charge on any atom is 0.330 e.